The number of rotatable bonds is 2. The molecule has 0 saturated carbocycles. The number of piperazine rings is 1. The van der Waals surface area contributed by atoms with Gasteiger partial charge in [0.2, 0.25) is 0 Å². The molecule has 2 aliphatic rings. The van der Waals surface area contributed by atoms with Crippen LogP contribution in [0.2, 0.25) is 10.0 Å². The van der Waals surface area contributed by atoms with E-state index in [2.05, 4.69) is 0 Å². The second-order valence-electron chi connectivity index (χ2n) is 7.04. The number of nitrogens with zero attached hydrogens (tertiary/aromatic N) is 2. The fourth-order valence-corrected chi connectivity index (χ4v) is 4.00. The van der Waals surface area contributed by atoms with E-state index in [0.29, 0.717) is 61.5 Å². The molecule has 0 N–H and O–H groups in total. The standard InChI is InChI=1S/C21H19Cl2FN2O4/c22-16-12-14(24)2-3-15(16)21(28)26-6-4-25(5-7-26)20(27)13-10-17(23)19-18(11-13)29-8-1-9-30-19/h2-3,10-12H,1,4-9H2. The Kier molecular flexibility index (Phi) is 6.01. The molecule has 0 radical (unpaired) electrons. The third kappa shape index (κ3) is 4.18. The molecule has 0 bridgehead atoms. The van der Waals surface area contributed by atoms with E-state index in [1.54, 1.807) is 21.9 Å². The van der Waals surface area contributed by atoms with E-state index in [1.165, 1.54) is 12.1 Å². The number of benzene rings is 2. The summed E-state index contributed by atoms with van der Waals surface area (Å²) in [6.45, 7) is 2.40. The van der Waals surface area contributed by atoms with E-state index in [1.807, 2.05) is 0 Å². The molecule has 1 fully saturated rings. The summed E-state index contributed by atoms with van der Waals surface area (Å²) in [5.74, 6) is -0.0635. The van der Waals surface area contributed by atoms with Gasteiger partial charge < -0.3 is 19.3 Å². The van der Waals surface area contributed by atoms with E-state index < -0.39 is 5.82 Å². The summed E-state index contributed by atoms with van der Waals surface area (Å²) < 4.78 is 24.5. The number of halogens is 3. The lowest BCUT2D eigenvalue weighted by Crippen LogP contribution is -2.50. The number of hydrogen-bond donors (Lipinski definition) is 0. The number of carbonyl (C=O) groups excluding carboxylic acids is 2. The van der Waals surface area contributed by atoms with Gasteiger partial charge in [0.25, 0.3) is 11.8 Å². The maximum absolute atomic E-state index is 13.2. The van der Waals surface area contributed by atoms with E-state index in [4.69, 9.17) is 32.7 Å². The lowest BCUT2D eigenvalue weighted by molar-refractivity contribution is 0.0535. The Morgan fingerprint density at radius 2 is 1.53 bits per heavy atom. The van der Waals surface area contributed by atoms with E-state index in [-0.39, 0.29) is 22.4 Å². The maximum Gasteiger partial charge on any atom is 0.255 e. The van der Waals surface area contributed by atoms with Crippen LogP contribution in [-0.4, -0.2) is 61.0 Å². The first-order chi connectivity index (χ1) is 14.4. The van der Waals surface area contributed by atoms with Gasteiger partial charge >= 0.3 is 0 Å². The Morgan fingerprint density at radius 1 is 0.867 bits per heavy atom. The predicted octanol–water partition coefficient (Wildman–Crippen LogP) is 3.89. The minimum Gasteiger partial charge on any atom is -0.489 e. The molecule has 2 heterocycles. The highest BCUT2D eigenvalue weighted by molar-refractivity contribution is 6.34. The van der Waals surface area contributed by atoms with Crippen LogP contribution in [0.25, 0.3) is 0 Å². The van der Waals surface area contributed by atoms with Crippen LogP contribution in [0.3, 0.4) is 0 Å². The highest BCUT2D eigenvalue weighted by Crippen LogP contribution is 2.38. The van der Waals surface area contributed by atoms with Crippen molar-refractivity contribution >= 4 is 35.0 Å². The molecule has 0 spiro atoms. The monoisotopic (exact) mass is 452 g/mol. The molecule has 6 nitrogen and oxygen atoms in total. The number of ether oxygens (including phenoxy) is 2. The Hall–Kier alpha value is -2.51. The first-order valence-electron chi connectivity index (χ1n) is 9.57. The number of fused-ring (bicyclic) bond motifs is 1. The van der Waals surface area contributed by atoms with Crippen molar-refractivity contribution in [2.24, 2.45) is 0 Å². The summed E-state index contributed by atoms with van der Waals surface area (Å²) in [5.41, 5.74) is 0.651. The van der Waals surface area contributed by atoms with Crippen molar-refractivity contribution in [3.8, 4) is 11.5 Å². The zero-order chi connectivity index (χ0) is 21.3. The van der Waals surface area contributed by atoms with Gasteiger partial charge in [-0.05, 0) is 30.3 Å². The minimum absolute atomic E-state index is 0.0698. The molecule has 2 aromatic carbocycles. The van der Waals surface area contributed by atoms with Gasteiger partial charge in [-0.25, -0.2) is 4.39 Å². The molecule has 2 aliphatic heterocycles. The first kappa shape index (κ1) is 20.8. The summed E-state index contributed by atoms with van der Waals surface area (Å²) in [6, 6.07) is 6.91. The highest BCUT2D eigenvalue weighted by Gasteiger charge is 2.28. The van der Waals surface area contributed by atoms with Gasteiger partial charge in [-0.2, -0.15) is 0 Å². The van der Waals surface area contributed by atoms with Crippen LogP contribution in [0.5, 0.6) is 11.5 Å². The largest absolute Gasteiger partial charge is 0.489 e. The lowest BCUT2D eigenvalue weighted by atomic mass is 10.1. The maximum atomic E-state index is 13.2. The van der Waals surface area contributed by atoms with E-state index >= 15 is 0 Å². The van der Waals surface area contributed by atoms with Crippen LogP contribution < -0.4 is 9.47 Å². The van der Waals surface area contributed by atoms with Gasteiger partial charge in [0.05, 0.1) is 28.8 Å². The van der Waals surface area contributed by atoms with Gasteiger partial charge in [0, 0.05) is 38.2 Å². The second kappa shape index (κ2) is 8.70. The second-order valence-corrected chi connectivity index (χ2v) is 7.86. The molecule has 9 heteroatoms. The third-order valence-electron chi connectivity index (χ3n) is 5.06. The molecule has 2 amide bonds. The van der Waals surface area contributed by atoms with Crippen LogP contribution >= 0.6 is 23.2 Å². The van der Waals surface area contributed by atoms with Crippen molar-refractivity contribution < 1.29 is 23.5 Å². The molecule has 0 unspecified atom stereocenters. The van der Waals surface area contributed by atoms with Gasteiger partial charge in [-0.15, -0.1) is 0 Å². The molecular weight excluding hydrogens is 434 g/mol. The molecule has 0 aliphatic carbocycles. The zero-order valence-corrected chi connectivity index (χ0v) is 17.5. The van der Waals surface area contributed by atoms with Crippen LogP contribution in [0.1, 0.15) is 27.1 Å². The van der Waals surface area contributed by atoms with Crippen LogP contribution in [-0.2, 0) is 0 Å². The molecule has 30 heavy (non-hydrogen) atoms. The number of carbonyl (C=O) groups is 2. The predicted molar refractivity (Wildman–Crippen MR) is 110 cm³/mol. The van der Waals surface area contributed by atoms with Crippen molar-refractivity contribution in [3.05, 3.63) is 57.3 Å². The first-order valence-corrected chi connectivity index (χ1v) is 10.3. The van der Waals surface area contributed by atoms with Crippen molar-refractivity contribution in [2.45, 2.75) is 6.42 Å². The Labute approximate surface area is 183 Å². The fourth-order valence-electron chi connectivity index (χ4n) is 3.48. The average molecular weight is 453 g/mol. The lowest BCUT2D eigenvalue weighted by Gasteiger charge is -2.35. The van der Waals surface area contributed by atoms with Crippen LogP contribution in [0, 0.1) is 5.82 Å². The molecular formula is C21H19Cl2FN2O4. The number of hydrogen-bond acceptors (Lipinski definition) is 4. The normalized spacial score (nSPS) is 16.2. The molecule has 1 saturated heterocycles. The quantitative estimate of drug-likeness (QED) is 0.693. The summed E-state index contributed by atoms with van der Waals surface area (Å²) in [7, 11) is 0. The minimum atomic E-state index is -0.499. The smallest absolute Gasteiger partial charge is 0.255 e. The Bertz CT molecular complexity index is 993. The molecule has 4 rings (SSSR count). The van der Waals surface area contributed by atoms with Gasteiger partial charge in [-0.3, -0.25) is 9.59 Å². The van der Waals surface area contributed by atoms with Crippen LogP contribution in [0.15, 0.2) is 30.3 Å². The summed E-state index contributed by atoms with van der Waals surface area (Å²) in [6.07, 6.45) is 0.738. The SMILES string of the molecule is O=C(c1cc(Cl)c2c(c1)OCCCO2)N1CCN(C(=O)c2ccc(F)cc2Cl)CC1. The molecule has 2 aromatic rings. The van der Waals surface area contributed by atoms with Crippen molar-refractivity contribution in [1.29, 1.82) is 0 Å². The number of amides is 2. The Morgan fingerprint density at radius 3 is 2.23 bits per heavy atom. The third-order valence-corrected chi connectivity index (χ3v) is 5.66. The van der Waals surface area contributed by atoms with Gasteiger partial charge in [0.1, 0.15) is 5.82 Å². The van der Waals surface area contributed by atoms with Crippen molar-refractivity contribution in [1.82, 2.24) is 9.80 Å². The van der Waals surface area contributed by atoms with Crippen molar-refractivity contribution in [2.75, 3.05) is 39.4 Å². The molecule has 0 aromatic heterocycles. The molecule has 0 atom stereocenters. The highest BCUT2D eigenvalue weighted by atomic mass is 35.5. The van der Waals surface area contributed by atoms with E-state index in [9.17, 15) is 14.0 Å². The average Bonchev–Trinajstić information content (AvgIpc) is 2.99. The van der Waals surface area contributed by atoms with Gasteiger partial charge in [-0.1, -0.05) is 23.2 Å². The Balaban J connectivity index is 1.44. The fraction of sp³-hybridized carbons (Fsp3) is 0.333. The summed E-state index contributed by atoms with van der Waals surface area (Å²) in [4.78, 5) is 28.9. The summed E-state index contributed by atoms with van der Waals surface area (Å²) >= 11 is 12.3. The topological polar surface area (TPSA) is 59.1 Å². The molecule has 158 valence electrons. The summed E-state index contributed by atoms with van der Waals surface area (Å²) in [5, 5.41) is 0.401. The van der Waals surface area contributed by atoms with E-state index in [0.717, 1.165) is 12.5 Å². The van der Waals surface area contributed by atoms with Crippen LogP contribution in [0.4, 0.5) is 4.39 Å². The van der Waals surface area contributed by atoms with Gasteiger partial charge in [0.15, 0.2) is 11.5 Å². The zero-order valence-electron chi connectivity index (χ0n) is 16.0. The van der Waals surface area contributed by atoms with Crippen molar-refractivity contribution in [3.63, 3.8) is 0 Å².